The van der Waals surface area contributed by atoms with Crippen molar-refractivity contribution in [3.05, 3.63) is 71.0 Å². The molecule has 0 amide bonds. The number of nitrogen functional groups attached to an aromatic ring is 1. The fourth-order valence-electron chi connectivity index (χ4n) is 2.79. The van der Waals surface area contributed by atoms with E-state index in [1.165, 1.54) is 0 Å². The molecule has 0 saturated heterocycles. The first-order chi connectivity index (χ1) is 11.2. The van der Waals surface area contributed by atoms with Crippen molar-refractivity contribution in [2.24, 2.45) is 0 Å². The summed E-state index contributed by atoms with van der Waals surface area (Å²) in [6.07, 6.45) is 0. The second-order valence-electron chi connectivity index (χ2n) is 5.23. The van der Waals surface area contributed by atoms with Gasteiger partial charge in [-0.15, -0.1) is 0 Å². The van der Waals surface area contributed by atoms with Gasteiger partial charge < -0.3 is 15.2 Å². The third-order valence-corrected chi connectivity index (χ3v) is 3.76. The Morgan fingerprint density at radius 3 is 2.43 bits per heavy atom. The minimum Gasteiger partial charge on any atom is -0.381 e. The Bertz CT molecular complexity index is 1050. The smallest absolute Gasteiger partial charge is 0.260 e. The summed E-state index contributed by atoms with van der Waals surface area (Å²) < 4.78 is 5.25. The Kier molecular flexibility index (Phi) is 2.98. The largest absolute Gasteiger partial charge is 0.381 e. The summed E-state index contributed by atoms with van der Waals surface area (Å²) >= 11 is 0. The van der Waals surface area contributed by atoms with Crippen molar-refractivity contribution in [3.8, 4) is 22.5 Å². The Labute approximate surface area is 131 Å². The van der Waals surface area contributed by atoms with Gasteiger partial charge in [0, 0.05) is 22.5 Å². The lowest BCUT2D eigenvalue weighted by molar-refractivity contribution is 0.435. The zero-order chi connectivity index (χ0) is 15.8. The third kappa shape index (κ3) is 2.19. The van der Waals surface area contributed by atoms with E-state index < -0.39 is 0 Å². The Balaban J connectivity index is 2.17. The van der Waals surface area contributed by atoms with Crippen LogP contribution in [0.2, 0.25) is 0 Å². The van der Waals surface area contributed by atoms with Crippen LogP contribution >= 0.6 is 0 Å². The molecule has 0 unspecified atom stereocenters. The van der Waals surface area contributed by atoms with E-state index in [-0.39, 0.29) is 11.4 Å². The normalized spacial score (nSPS) is 11.0. The second-order valence-corrected chi connectivity index (χ2v) is 5.23. The highest BCUT2D eigenvalue weighted by Gasteiger charge is 2.19. The topological polar surface area (TPSA) is 84.9 Å². The number of nitrogens with zero attached hydrogens (tertiary/aromatic N) is 1. The molecule has 5 nitrogen and oxygen atoms in total. The number of H-pyrrole nitrogens is 1. The average molecular weight is 303 g/mol. The highest BCUT2D eigenvalue weighted by atomic mass is 16.5. The number of fused-ring (bicyclic) bond motifs is 1. The number of para-hydroxylation sites is 1. The van der Waals surface area contributed by atoms with E-state index in [2.05, 4.69) is 10.1 Å². The van der Waals surface area contributed by atoms with Gasteiger partial charge in [-0.1, -0.05) is 53.7 Å². The third-order valence-electron chi connectivity index (χ3n) is 3.76. The number of anilines is 1. The summed E-state index contributed by atoms with van der Waals surface area (Å²) in [5.41, 5.74) is 8.35. The van der Waals surface area contributed by atoms with Gasteiger partial charge in [-0.05, 0) is 11.6 Å². The van der Waals surface area contributed by atoms with Gasteiger partial charge in [-0.25, -0.2) is 0 Å². The van der Waals surface area contributed by atoms with E-state index in [4.69, 9.17) is 10.3 Å². The first kappa shape index (κ1) is 13.3. The van der Waals surface area contributed by atoms with E-state index in [9.17, 15) is 4.79 Å². The summed E-state index contributed by atoms with van der Waals surface area (Å²) in [5, 5.41) is 4.63. The van der Waals surface area contributed by atoms with Gasteiger partial charge in [0.2, 0.25) is 0 Å². The molecule has 3 N–H and O–H groups in total. The van der Waals surface area contributed by atoms with Crippen LogP contribution in [0.25, 0.3) is 33.4 Å². The first-order valence-corrected chi connectivity index (χ1v) is 7.17. The molecule has 0 spiro atoms. The number of rotatable bonds is 2. The van der Waals surface area contributed by atoms with Crippen LogP contribution < -0.4 is 11.3 Å². The van der Waals surface area contributed by atoms with Crippen LogP contribution in [0.1, 0.15) is 0 Å². The number of nitrogens with one attached hydrogen (secondary N) is 1. The molecule has 112 valence electrons. The molecular weight excluding hydrogens is 290 g/mol. The Hall–Kier alpha value is -3.34. The van der Waals surface area contributed by atoms with Gasteiger partial charge in [0.05, 0.1) is 5.56 Å². The molecule has 4 aromatic rings. The molecule has 0 saturated carbocycles. The van der Waals surface area contributed by atoms with Crippen LogP contribution in [0, 0.1) is 0 Å². The fraction of sp³-hybridized carbons (Fsp3) is 0. The van der Waals surface area contributed by atoms with Crippen molar-refractivity contribution < 1.29 is 4.52 Å². The van der Waals surface area contributed by atoms with Crippen LogP contribution in [0.3, 0.4) is 0 Å². The van der Waals surface area contributed by atoms with Crippen molar-refractivity contribution >= 4 is 16.7 Å². The highest BCUT2D eigenvalue weighted by molar-refractivity contribution is 6.01. The average Bonchev–Trinajstić information content (AvgIpc) is 3.00. The first-order valence-electron chi connectivity index (χ1n) is 7.17. The Morgan fingerprint density at radius 1 is 0.957 bits per heavy atom. The lowest BCUT2D eigenvalue weighted by Crippen LogP contribution is -2.10. The van der Waals surface area contributed by atoms with Crippen LogP contribution in [-0.2, 0) is 0 Å². The van der Waals surface area contributed by atoms with Gasteiger partial charge in [0.15, 0.2) is 11.6 Å². The molecule has 0 fully saturated rings. The van der Waals surface area contributed by atoms with Gasteiger partial charge in [-0.3, -0.25) is 4.79 Å². The van der Waals surface area contributed by atoms with Gasteiger partial charge >= 0.3 is 0 Å². The maximum Gasteiger partial charge on any atom is 0.260 e. The fourth-order valence-corrected chi connectivity index (χ4v) is 2.79. The molecular formula is C18H13N3O2. The van der Waals surface area contributed by atoms with Crippen LogP contribution in [-0.4, -0.2) is 10.1 Å². The van der Waals surface area contributed by atoms with E-state index >= 15 is 0 Å². The standard InChI is InChI=1S/C18H13N3O2/c19-15-10-14(23-21-15)17-16(11-6-2-1-3-7-11)12-8-4-5-9-13(12)20-18(17)22/h1-10H,(H2,19,21)(H,20,22). The molecule has 0 atom stereocenters. The molecule has 23 heavy (non-hydrogen) atoms. The number of aromatic nitrogens is 2. The van der Waals surface area contributed by atoms with Crippen LogP contribution in [0.15, 0.2) is 70.0 Å². The predicted octanol–water partition coefficient (Wildman–Crippen LogP) is 3.43. The lowest BCUT2D eigenvalue weighted by atomic mass is 9.95. The Morgan fingerprint density at radius 2 is 1.70 bits per heavy atom. The van der Waals surface area contributed by atoms with Crippen LogP contribution in [0.5, 0.6) is 0 Å². The minimum absolute atomic E-state index is 0.237. The van der Waals surface area contributed by atoms with Crippen molar-refractivity contribution in [2.75, 3.05) is 5.73 Å². The zero-order valence-electron chi connectivity index (χ0n) is 12.1. The maximum absolute atomic E-state index is 12.7. The van der Waals surface area contributed by atoms with Gasteiger partial charge in [-0.2, -0.15) is 0 Å². The van der Waals surface area contributed by atoms with Gasteiger partial charge in [0.1, 0.15) is 0 Å². The summed E-state index contributed by atoms with van der Waals surface area (Å²) in [5.74, 6) is 0.597. The summed E-state index contributed by atoms with van der Waals surface area (Å²) in [7, 11) is 0. The molecule has 0 radical (unpaired) electrons. The summed E-state index contributed by atoms with van der Waals surface area (Å²) in [4.78, 5) is 15.5. The molecule has 0 bridgehead atoms. The molecule has 0 aliphatic rings. The van der Waals surface area contributed by atoms with E-state index in [1.54, 1.807) is 6.07 Å². The van der Waals surface area contributed by atoms with Gasteiger partial charge in [0.25, 0.3) is 5.56 Å². The molecule has 0 aliphatic carbocycles. The molecule has 4 rings (SSSR count). The predicted molar refractivity (Wildman–Crippen MR) is 89.9 cm³/mol. The number of hydrogen-bond acceptors (Lipinski definition) is 4. The minimum atomic E-state index is -0.237. The maximum atomic E-state index is 12.7. The van der Waals surface area contributed by atoms with E-state index in [1.807, 2.05) is 54.6 Å². The SMILES string of the molecule is Nc1cc(-c2c(-c3ccccc3)c3ccccc3[nH]c2=O)on1. The second kappa shape index (κ2) is 5.14. The van der Waals surface area contributed by atoms with Crippen molar-refractivity contribution in [2.45, 2.75) is 0 Å². The quantitative estimate of drug-likeness (QED) is 0.594. The number of benzene rings is 2. The van der Waals surface area contributed by atoms with Crippen molar-refractivity contribution in [1.82, 2.24) is 10.1 Å². The van der Waals surface area contributed by atoms with E-state index in [0.29, 0.717) is 11.3 Å². The molecule has 2 heterocycles. The molecule has 2 aromatic carbocycles. The summed E-state index contributed by atoms with van der Waals surface area (Å²) in [6.45, 7) is 0. The number of pyridine rings is 1. The lowest BCUT2D eigenvalue weighted by Gasteiger charge is -2.11. The van der Waals surface area contributed by atoms with Crippen molar-refractivity contribution in [1.29, 1.82) is 0 Å². The monoisotopic (exact) mass is 303 g/mol. The zero-order valence-corrected chi connectivity index (χ0v) is 12.1. The number of nitrogens with two attached hydrogens (primary N) is 1. The highest BCUT2D eigenvalue weighted by Crippen LogP contribution is 2.35. The summed E-state index contributed by atoms with van der Waals surface area (Å²) in [6, 6.07) is 19.0. The molecule has 2 aromatic heterocycles. The van der Waals surface area contributed by atoms with Crippen molar-refractivity contribution in [3.63, 3.8) is 0 Å². The number of aromatic amines is 1. The molecule has 0 aliphatic heterocycles. The van der Waals surface area contributed by atoms with E-state index in [0.717, 1.165) is 22.0 Å². The van der Waals surface area contributed by atoms with Crippen LogP contribution in [0.4, 0.5) is 5.82 Å². The molecule has 5 heteroatoms. The number of hydrogen-bond donors (Lipinski definition) is 2.